The van der Waals surface area contributed by atoms with E-state index in [4.69, 9.17) is 39.5 Å². The molecule has 0 fully saturated rings. The Kier molecular flexibility index (Phi) is 5.06. The van der Waals surface area contributed by atoms with Crippen LogP contribution in [0, 0.1) is 0 Å². The van der Waals surface area contributed by atoms with E-state index in [1.165, 1.54) is 18.3 Å². The number of ether oxygens (including phenoxy) is 1. The van der Waals surface area contributed by atoms with E-state index in [1.54, 1.807) is 18.2 Å². The topological polar surface area (TPSA) is 51.2 Å². The van der Waals surface area contributed by atoms with Crippen molar-refractivity contribution in [2.45, 2.75) is 0 Å². The smallest absolute Gasteiger partial charge is 0.263 e. The van der Waals surface area contributed by atoms with Crippen LogP contribution in [0.2, 0.25) is 15.1 Å². The van der Waals surface area contributed by atoms with Gasteiger partial charge in [0.2, 0.25) is 0 Å². The Morgan fingerprint density at radius 3 is 2.60 bits per heavy atom. The summed E-state index contributed by atoms with van der Waals surface area (Å²) in [5.74, 6) is 0.365. The number of nitrogens with one attached hydrogen (secondary N) is 1. The van der Waals surface area contributed by atoms with Crippen LogP contribution in [0.3, 0.4) is 0 Å². The number of benzene rings is 1. The zero-order valence-corrected chi connectivity index (χ0v) is 12.3. The third-order valence-corrected chi connectivity index (χ3v) is 3.01. The number of rotatable bonds is 4. The average Bonchev–Trinajstić information content (AvgIpc) is 2.37. The van der Waals surface area contributed by atoms with E-state index in [2.05, 4.69) is 10.3 Å². The fraction of sp³-hybridized carbons (Fsp3) is 0.0769. The molecule has 1 heterocycles. The summed E-state index contributed by atoms with van der Waals surface area (Å²) in [6.07, 6.45) is 1.49. The minimum atomic E-state index is -0.370. The lowest BCUT2D eigenvalue weighted by Gasteiger charge is -2.08. The first kappa shape index (κ1) is 14.9. The number of nitrogens with zero attached hydrogens (tertiary/aromatic N) is 1. The molecule has 0 spiro atoms. The van der Waals surface area contributed by atoms with Crippen molar-refractivity contribution < 1.29 is 9.53 Å². The standard InChI is InChI=1S/C13H9Cl3N2O2/c14-8-1-2-11(10(16)5-8)20-7-13(19)18-12-6-9(15)3-4-17-12/h1-6H,7H2,(H,17,18,19). The lowest BCUT2D eigenvalue weighted by Crippen LogP contribution is -2.20. The summed E-state index contributed by atoms with van der Waals surface area (Å²) in [5.41, 5.74) is 0. The first-order valence-corrected chi connectivity index (χ1v) is 6.67. The lowest BCUT2D eigenvalue weighted by atomic mass is 10.3. The Bertz CT molecular complexity index is 635. The van der Waals surface area contributed by atoms with Crippen molar-refractivity contribution in [3.05, 3.63) is 51.6 Å². The maximum absolute atomic E-state index is 11.7. The molecule has 1 aromatic carbocycles. The van der Waals surface area contributed by atoms with Gasteiger partial charge in [-0.25, -0.2) is 4.98 Å². The second-order valence-corrected chi connectivity index (χ2v) is 5.05. The van der Waals surface area contributed by atoms with Gasteiger partial charge in [-0.2, -0.15) is 0 Å². The number of anilines is 1. The Morgan fingerprint density at radius 2 is 1.90 bits per heavy atom. The van der Waals surface area contributed by atoms with Crippen LogP contribution in [0.15, 0.2) is 36.5 Å². The highest BCUT2D eigenvalue weighted by Crippen LogP contribution is 2.27. The highest BCUT2D eigenvalue weighted by atomic mass is 35.5. The number of hydrogen-bond donors (Lipinski definition) is 1. The summed E-state index contributed by atoms with van der Waals surface area (Å²) >= 11 is 17.5. The molecule has 0 radical (unpaired) electrons. The number of pyridine rings is 1. The molecule has 0 aliphatic rings. The van der Waals surface area contributed by atoms with Crippen LogP contribution >= 0.6 is 34.8 Å². The second-order valence-electron chi connectivity index (χ2n) is 3.77. The van der Waals surface area contributed by atoms with Crippen molar-refractivity contribution in [2.75, 3.05) is 11.9 Å². The number of amides is 1. The maximum Gasteiger partial charge on any atom is 0.263 e. The molecule has 0 aliphatic carbocycles. The van der Waals surface area contributed by atoms with Gasteiger partial charge >= 0.3 is 0 Å². The fourth-order valence-electron chi connectivity index (χ4n) is 1.39. The summed E-state index contributed by atoms with van der Waals surface area (Å²) < 4.78 is 5.29. The van der Waals surface area contributed by atoms with Crippen LogP contribution in [0.1, 0.15) is 0 Å². The average molecular weight is 332 g/mol. The van der Waals surface area contributed by atoms with Crippen molar-refractivity contribution in [1.29, 1.82) is 0 Å². The number of aromatic nitrogens is 1. The van der Waals surface area contributed by atoms with Gasteiger partial charge in [0, 0.05) is 16.2 Å². The summed E-state index contributed by atoms with van der Waals surface area (Å²) in [6.45, 7) is -0.199. The van der Waals surface area contributed by atoms with E-state index in [9.17, 15) is 4.79 Å². The molecule has 0 saturated carbocycles. The van der Waals surface area contributed by atoms with Gasteiger partial charge in [-0.3, -0.25) is 4.79 Å². The van der Waals surface area contributed by atoms with E-state index >= 15 is 0 Å². The lowest BCUT2D eigenvalue weighted by molar-refractivity contribution is -0.118. The zero-order valence-electron chi connectivity index (χ0n) is 10.1. The van der Waals surface area contributed by atoms with Crippen molar-refractivity contribution in [1.82, 2.24) is 4.98 Å². The van der Waals surface area contributed by atoms with Gasteiger partial charge in [0.05, 0.1) is 5.02 Å². The van der Waals surface area contributed by atoms with Gasteiger partial charge in [0.15, 0.2) is 6.61 Å². The highest BCUT2D eigenvalue weighted by molar-refractivity contribution is 6.35. The quantitative estimate of drug-likeness (QED) is 0.919. The Hall–Kier alpha value is -1.49. The molecule has 2 aromatic rings. The minimum absolute atomic E-state index is 0.199. The van der Waals surface area contributed by atoms with Crippen LogP contribution in [-0.2, 0) is 4.79 Å². The molecule has 0 unspecified atom stereocenters. The molecule has 1 N–H and O–H groups in total. The first-order chi connectivity index (χ1) is 9.54. The van der Waals surface area contributed by atoms with E-state index in [-0.39, 0.29) is 12.5 Å². The van der Waals surface area contributed by atoms with Gasteiger partial charge in [-0.1, -0.05) is 34.8 Å². The SMILES string of the molecule is O=C(COc1ccc(Cl)cc1Cl)Nc1cc(Cl)ccn1. The Morgan fingerprint density at radius 1 is 1.15 bits per heavy atom. The molecular formula is C13H9Cl3N2O2. The molecule has 0 saturated heterocycles. The van der Waals surface area contributed by atoms with Gasteiger partial charge in [0.25, 0.3) is 5.91 Å². The van der Waals surface area contributed by atoms with Crippen LogP contribution in [-0.4, -0.2) is 17.5 Å². The molecule has 20 heavy (non-hydrogen) atoms. The molecule has 0 bridgehead atoms. The molecule has 4 nitrogen and oxygen atoms in total. The van der Waals surface area contributed by atoms with E-state index in [0.29, 0.717) is 26.6 Å². The number of hydrogen-bond acceptors (Lipinski definition) is 3. The fourth-order valence-corrected chi connectivity index (χ4v) is 2.01. The molecule has 0 aliphatic heterocycles. The number of carbonyl (C=O) groups is 1. The molecule has 0 atom stereocenters. The van der Waals surface area contributed by atoms with E-state index in [0.717, 1.165) is 0 Å². The molecular weight excluding hydrogens is 323 g/mol. The minimum Gasteiger partial charge on any atom is -0.482 e. The van der Waals surface area contributed by atoms with Crippen LogP contribution in [0.4, 0.5) is 5.82 Å². The summed E-state index contributed by atoms with van der Waals surface area (Å²) in [6, 6.07) is 7.90. The summed E-state index contributed by atoms with van der Waals surface area (Å²) in [5, 5.41) is 3.87. The zero-order chi connectivity index (χ0) is 14.5. The normalized spacial score (nSPS) is 10.2. The predicted molar refractivity (Wildman–Crippen MR) is 79.8 cm³/mol. The number of carbonyl (C=O) groups excluding carboxylic acids is 1. The van der Waals surface area contributed by atoms with Crippen LogP contribution < -0.4 is 10.1 Å². The molecule has 2 rings (SSSR count). The van der Waals surface area contributed by atoms with Crippen molar-refractivity contribution >= 4 is 46.5 Å². The molecule has 1 amide bonds. The predicted octanol–water partition coefficient (Wildman–Crippen LogP) is 4.06. The second kappa shape index (κ2) is 6.79. The Labute approximate surface area is 130 Å². The monoisotopic (exact) mass is 330 g/mol. The first-order valence-electron chi connectivity index (χ1n) is 5.54. The summed E-state index contributed by atoms with van der Waals surface area (Å²) in [7, 11) is 0. The van der Waals surface area contributed by atoms with E-state index in [1.807, 2.05) is 0 Å². The largest absolute Gasteiger partial charge is 0.482 e. The summed E-state index contributed by atoms with van der Waals surface area (Å²) in [4.78, 5) is 15.6. The van der Waals surface area contributed by atoms with Crippen molar-refractivity contribution in [3.63, 3.8) is 0 Å². The van der Waals surface area contributed by atoms with Crippen molar-refractivity contribution in [2.24, 2.45) is 0 Å². The third-order valence-electron chi connectivity index (χ3n) is 2.24. The van der Waals surface area contributed by atoms with Crippen molar-refractivity contribution in [3.8, 4) is 5.75 Å². The molecule has 7 heteroatoms. The van der Waals surface area contributed by atoms with E-state index < -0.39 is 0 Å². The van der Waals surface area contributed by atoms with Gasteiger partial charge in [0.1, 0.15) is 11.6 Å². The van der Waals surface area contributed by atoms with Gasteiger partial charge in [-0.15, -0.1) is 0 Å². The van der Waals surface area contributed by atoms with Crippen LogP contribution in [0.25, 0.3) is 0 Å². The molecule has 1 aromatic heterocycles. The maximum atomic E-state index is 11.7. The highest BCUT2D eigenvalue weighted by Gasteiger charge is 2.07. The Balaban J connectivity index is 1.92. The number of halogens is 3. The molecule has 104 valence electrons. The van der Waals surface area contributed by atoms with Gasteiger partial charge < -0.3 is 10.1 Å². The van der Waals surface area contributed by atoms with Crippen LogP contribution in [0.5, 0.6) is 5.75 Å². The van der Waals surface area contributed by atoms with Gasteiger partial charge in [-0.05, 0) is 30.3 Å². The third kappa shape index (κ3) is 4.27.